The van der Waals surface area contributed by atoms with Gasteiger partial charge < -0.3 is 20.7 Å². The Morgan fingerprint density at radius 2 is 1.61 bits per heavy atom. The molecule has 0 fully saturated rings. The molecule has 0 unspecified atom stereocenters. The van der Waals surface area contributed by atoms with E-state index in [0.717, 1.165) is 22.6 Å². The number of aryl methyl sites for hydroxylation is 1. The Kier molecular flexibility index (Phi) is 9.62. The predicted molar refractivity (Wildman–Crippen MR) is 148 cm³/mol. The fourth-order valence-electron chi connectivity index (χ4n) is 3.91. The maximum Gasteiger partial charge on any atom is 0.243 e. The van der Waals surface area contributed by atoms with E-state index in [1.165, 1.54) is 12.1 Å². The van der Waals surface area contributed by atoms with Crippen molar-refractivity contribution in [3.8, 4) is 5.75 Å². The van der Waals surface area contributed by atoms with Crippen LogP contribution in [0, 0.1) is 12.7 Å². The fraction of sp³-hybridized carbons (Fsp3) is 0.233. The summed E-state index contributed by atoms with van der Waals surface area (Å²) in [5.41, 5.74) is 2.81. The molecule has 0 aliphatic heterocycles. The van der Waals surface area contributed by atoms with Crippen molar-refractivity contribution in [1.82, 2.24) is 15.3 Å². The molecule has 0 aliphatic rings. The highest BCUT2D eigenvalue weighted by molar-refractivity contribution is 5.84. The Labute approximate surface area is 222 Å². The van der Waals surface area contributed by atoms with E-state index in [1.807, 2.05) is 73.7 Å². The molecular formula is C30H32FN5O2. The first kappa shape index (κ1) is 26.6. The van der Waals surface area contributed by atoms with Crippen LogP contribution < -0.4 is 20.7 Å². The molecule has 4 aromatic rings. The summed E-state index contributed by atoms with van der Waals surface area (Å²) in [6.07, 6.45) is 1.19. The minimum atomic E-state index is -0.546. The molecule has 0 saturated carbocycles. The van der Waals surface area contributed by atoms with E-state index in [-0.39, 0.29) is 11.7 Å². The molecule has 4 rings (SSSR count). The number of amides is 1. The monoisotopic (exact) mass is 513 g/mol. The maximum absolute atomic E-state index is 13.2. The SMILES string of the molecule is Cc1cc(N[C@@H](Cc2ccccc2)C(=O)NCCOc2ccccc2)nc(NCCc2ccc(F)cc2)n1. The van der Waals surface area contributed by atoms with Crippen LogP contribution in [0.4, 0.5) is 16.2 Å². The summed E-state index contributed by atoms with van der Waals surface area (Å²) < 4.78 is 18.8. The predicted octanol–water partition coefficient (Wildman–Crippen LogP) is 4.80. The second kappa shape index (κ2) is 13.7. The van der Waals surface area contributed by atoms with Gasteiger partial charge in [-0.3, -0.25) is 4.79 Å². The van der Waals surface area contributed by atoms with Crippen molar-refractivity contribution in [2.75, 3.05) is 30.3 Å². The number of anilines is 2. The van der Waals surface area contributed by atoms with Gasteiger partial charge in [-0.25, -0.2) is 9.37 Å². The van der Waals surface area contributed by atoms with Crippen LogP contribution in [0.25, 0.3) is 0 Å². The van der Waals surface area contributed by atoms with Crippen molar-refractivity contribution in [1.29, 1.82) is 0 Å². The Balaban J connectivity index is 1.37. The number of nitrogens with zero attached hydrogens (tertiary/aromatic N) is 2. The topological polar surface area (TPSA) is 88.2 Å². The Morgan fingerprint density at radius 1 is 0.895 bits per heavy atom. The molecule has 1 atom stereocenters. The second-order valence-corrected chi connectivity index (χ2v) is 8.86. The van der Waals surface area contributed by atoms with Gasteiger partial charge in [0, 0.05) is 24.7 Å². The fourth-order valence-corrected chi connectivity index (χ4v) is 3.91. The van der Waals surface area contributed by atoms with Crippen LogP contribution in [-0.2, 0) is 17.6 Å². The normalized spacial score (nSPS) is 11.4. The van der Waals surface area contributed by atoms with Gasteiger partial charge >= 0.3 is 0 Å². The van der Waals surface area contributed by atoms with Gasteiger partial charge in [0.05, 0.1) is 6.54 Å². The van der Waals surface area contributed by atoms with Gasteiger partial charge in [-0.1, -0.05) is 60.7 Å². The van der Waals surface area contributed by atoms with Crippen molar-refractivity contribution < 1.29 is 13.9 Å². The van der Waals surface area contributed by atoms with E-state index in [0.29, 0.717) is 44.3 Å². The Morgan fingerprint density at radius 3 is 2.34 bits per heavy atom. The summed E-state index contributed by atoms with van der Waals surface area (Å²) in [6, 6.07) is 27.0. The standard InChI is InChI=1S/C30H32FN5O2/c1-22-20-28(36-30(34-22)33-17-16-23-12-14-25(31)15-13-23)35-27(21-24-8-4-2-5-9-24)29(37)32-18-19-38-26-10-6-3-7-11-26/h2-15,20,27H,16-19,21H2,1H3,(H,32,37)(H2,33,34,35,36)/t27-/m0/s1. The highest BCUT2D eigenvalue weighted by Gasteiger charge is 2.20. The van der Waals surface area contributed by atoms with Crippen LogP contribution >= 0.6 is 0 Å². The molecule has 0 bridgehead atoms. The third-order valence-electron chi connectivity index (χ3n) is 5.80. The summed E-state index contributed by atoms with van der Waals surface area (Å²) >= 11 is 0. The van der Waals surface area contributed by atoms with Gasteiger partial charge in [0.15, 0.2) is 0 Å². The van der Waals surface area contributed by atoms with Crippen LogP contribution in [0.1, 0.15) is 16.8 Å². The first-order valence-corrected chi connectivity index (χ1v) is 12.7. The van der Waals surface area contributed by atoms with E-state index < -0.39 is 6.04 Å². The van der Waals surface area contributed by atoms with Gasteiger partial charge in [0.2, 0.25) is 11.9 Å². The van der Waals surface area contributed by atoms with Crippen LogP contribution in [-0.4, -0.2) is 41.6 Å². The Bertz CT molecular complexity index is 1290. The first-order valence-electron chi connectivity index (χ1n) is 12.7. The quantitative estimate of drug-likeness (QED) is 0.223. The van der Waals surface area contributed by atoms with E-state index >= 15 is 0 Å². The summed E-state index contributed by atoms with van der Waals surface area (Å²) in [7, 11) is 0. The largest absolute Gasteiger partial charge is 0.492 e. The van der Waals surface area contributed by atoms with Crippen LogP contribution in [0.3, 0.4) is 0 Å². The molecule has 0 saturated heterocycles. The first-order chi connectivity index (χ1) is 18.5. The third-order valence-corrected chi connectivity index (χ3v) is 5.80. The number of ether oxygens (including phenoxy) is 1. The minimum absolute atomic E-state index is 0.146. The van der Waals surface area contributed by atoms with Crippen molar-refractivity contribution in [2.24, 2.45) is 0 Å². The van der Waals surface area contributed by atoms with E-state index in [4.69, 9.17) is 4.74 Å². The number of benzene rings is 3. The molecule has 196 valence electrons. The zero-order valence-corrected chi connectivity index (χ0v) is 21.4. The minimum Gasteiger partial charge on any atom is -0.492 e. The number of hydrogen-bond acceptors (Lipinski definition) is 6. The molecule has 1 amide bonds. The zero-order chi connectivity index (χ0) is 26.6. The van der Waals surface area contributed by atoms with Crippen molar-refractivity contribution in [3.05, 3.63) is 114 Å². The molecule has 1 aromatic heterocycles. The Hall–Kier alpha value is -4.46. The van der Waals surface area contributed by atoms with Gasteiger partial charge in [0.25, 0.3) is 0 Å². The summed E-state index contributed by atoms with van der Waals surface area (Å²) in [4.78, 5) is 22.2. The molecular weight excluding hydrogens is 481 g/mol. The summed E-state index contributed by atoms with van der Waals surface area (Å²) in [5.74, 6) is 1.38. The highest BCUT2D eigenvalue weighted by atomic mass is 19.1. The number of halogens is 1. The van der Waals surface area contributed by atoms with Gasteiger partial charge in [-0.15, -0.1) is 0 Å². The van der Waals surface area contributed by atoms with Gasteiger partial charge in [-0.2, -0.15) is 4.98 Å². The molecule has 3 N–H and O–H groups in total. The number of aromatic nitrogens is 2. The molecule has 0 aliphatic carbocycles. The molecule has 7 nitrogen and oxygen atoms in total. The molecule has 3 aromatic carbocycles. The molecule has 0 radical (unpaired) electrons. The number of para-hydroxylation sites is 1. The van der Waals surface area contributed by atoms with Crippen LogP contribution in [0.15, 0.2) is 91.0 Å². The molecule has 8 heteroatoms. The average molecular weight is 514 g/mol. The number of nitrogens with one attached hydrogen (secondary N) is 3. The summed E-state index contributed by atoms with van der Waals surface area (Å²) in [6.45, 7) is 3.21. The van der Waals surface area contributed by atoms with E-state index in [1.54, 1.807) is 12.1 Å². The second-order valence-electron chi connectivity index (χ2n) is 8.86. The van der Waals surface area contributed by atoms with Crippen LogP contribution in [0.5, 0.6) is 5.75 Å². The van der Waals surface area contributed by atoms with E-state index in [9.17, 15) is 9.18 Å². The number of carbonyl (C=O) groups excluding carboxylic acids is 1. The lowest BCUT2D eigenvalue weighted by atomic mass is 10.1. The lowest BCUT2D eigenvalue weighted by Crippen LogP contribution is -2.42. The van der Waals surface area contributed by atoms with Gasteiger partial charge in [0.1, 0.15) is 30.0 Å². The average Bonchev–Trinajstić information content (AvgIpc) is 2.93. The van der Waals surface area contributed by atoms with Crippen molar-refractivity contribution in [2.45, 2.75) is 25.8 Å². The smallest absolute Gasteiger partial charge is 0.243 e. The van der Waals surface area contributed by atoms with Crippen LogP contribution in [0.2, 0.25) is 0 Å². The lowest BCUT2D eigenvalue weighted by molar-refractivity contribution is -0.121. The highest BCUT2D eigenvalue weighted by Crippen LogP contribution is 2.14. The molecule has 38 heavy (non-hydrogen) atoms. The van der Waals surface area contributed by atoms with E-state index in [2.05, 4.69) is 25.9 Å². The molecule has 1 heterocycles. The number of carbonyl (C=O) groups is 1. The van der Waals surface area contributed by atoms with Crippen molar-refractivity contribution >= 4 is 17.7 Å². The third kappa shape index (κ3) is 8.58. The molecule has 0 spiro atoms. The zero-order valence-electron chi connectivity index (χ0n) is 21.4. The number of hydrogen-bond donors (Lipinski definition) is 3. The summed E-state index contributed by atoms with van der Waals surface area (Å²) in [5, 5.41) is 9.49. The van der Waals surface area contributed by atoms with Crippen molar-refractivity contribution in [3.63, 3.8) is 0 Å². The lowest BCUT2D eigenvalue weighted by Gasteiger charge is -2.20. The maximum atomic E-state index is 13.2. The van der Waals surface area contributed by atoms with Gasteiger partial charge in [-0.05, 0) is 48.7 Å². The number of rotatable bonds is 13.